The first-order chi connectivity index (χ1) is 7.27. The second kappa shape index (κ2) is 2.79. The molecule has 2 radical (unpaired) electrons. The predicted octanol–water partition coefficient (Wildman–Crippen LogP) is 1.22. The summed E-state index contributed by atoms with van der Waals surface area (Å²) in [5.41, 5.74) is 2.34. The van der Waals surface area contributed by atoms with Crippen LogP contribution in [0.1, 0.15) is 5.82 Å². The molecule has 3 aromatic rings. The summed E-state index contributed by atoms with van der Waals surface area (Å²) < 4.78 is 1.55. The largest absolute Gasteiger partial charge is 0.381 e. The van der Waals surface area contributed by atoms with E-state index < -0.39 is 0 Å². The number of fused-ring (bicyclic) bond motifs is 3. The molecule has 0 spiro atoms. The van der Waals surface area contributed by atoms with E-state index in [9.17, 15) is 0 Å². The van der Waals surface area contributed by atoms with Crippen LogP contribution in [0.15, 0.2) is 24.3 Å². The summed E-state index contributed by atoms with van der Waals surface area (Å²) in [6.45, 7) is 1.80. The molecule has 0 saturated heterocycles. The second-order valence-corrected chi connectivity index (χ2v) is 3.42. The summed E-state index contributed by atoms with van der Waals surface area (Å²) in [5, 5.41) is 9.04. The van der Waals surface area contributed by atoms with Gasteiger partial charge in [0.1, 0.15) is 11.3 Å². The van der Waals surface area contributed by atoms with E-state index in [-0.39, 0.29) is 0 Å². The topological polar surface area (TPSA) is 43.6 Å². The van der Waals surface area contributed by atoms with Crippen LogP contribution < -0.4 is 0 Å². The first kappa shape index (κ1) is 8.41. The smallest absolute Gasteiger partial charge is 0.236 e. The van der Waals surface area contributed by atoms with E-state index in [1.807, 2.05) is 24.3 Å². The zero-order valence-corrected chi connectivity index (χ0v) is 8.18. The second-order valence-electron chi connectivity index (χ2n) is 3.42. The number of aromatic nitrogens is 4. The molecule has 0 bridgehead atoms. The zero-order chi connectivity index (χ0) is 10.4. The molecule has 70 valence electrons. The monoisotopic (exact) mass is 194 g/mol. The molecular weight excluding hydrogens is 187 g/mol. The van der Waals surface area contributed by atoms with Crippen molar-refractivity contribution in [3.05, 3.63) is 30.1 Å². The van der Waals surface area contributed by atoms with Crippen LogP contribution in [0.25, 0.3) is 22.1 Å². The lowest BCUT2D eigenvalue weighted by atomic mass is 10.2. The van der Waals surface area contributed by atoms with Crippen molar-refractivity contribution < 1.29 is 0 Å². The van der Waals surface area contributed by atoms with E-state index in [1.165, 1.54) is 0 Å². The molecule has 15 heavy (non-hydrogen) atoms. The van der Waals surface area contributed by atoms with Crippen LogP contribution in [0, 0.1) is 6.92 Å². The van der Waals surface area contributed by atoms with Crippen molar-refractivity contribution in [3.8, 4) is 0 Å². The van der Waals surface area contributed by atoms with Crippen molar-refractivity contribution in [3.63, 3.8) is 0 Å². The molecule has 4 nitrogen and oxygen atoms in total. The van der Waals surface area contributed by atoms with Gasteiger partial charge in [0.25, 0.3) is 0 Å². The van der Waals surface area contributed by atoms with Crippen molar-refractivity contribution in [1.29, 1.82) is 0 Å². The van der Waals surface area contributed by atoms with Crippen LogP contribution in [-0.2, 0) is 0 Å². The van der Waals surface area contributed by atoms with Gasteiger partial charge in [-0.15, -0.1) is 10.2 Å². The summed E-state index contributed by atoms with van der Waals surface area (Å²) in [6, 6.07) is 7.79. The van der Waals surface area contributed by atoms with Gasteiger partial charge in [0.05, 0.1) is 0 Å². The minimum Gasteiger partial charge on any atom is -0.381 e. The maximum Gasteiger partial charge on any atom is 0.236 e. The van der Waals surface area contributed by atoms with Crippen molar-refractivity contribution in [2.75, 3.05) is 0 Å². The summed E-state index contributed by atoms with van der Waals surface area (Å²) in [6.07, 6.45) is 0. The van der Waals surface area contributed by atoms with Crippen LogP contribution in [0.2, 0.25) is 0 Å². The Morgan fingerprint density at radius 1 is 1.20 bits per heavy atom. The Hall–Kier alpha value is -1.91. The molecule has 0 atom stereocenters. The van der Waals surface area contributed by atoms with Gasteiger partial charge >= 0.3 is 0 Å². The van der Waals surface area contributed by atoms with Crippen molar-refractivity contribution in [1.82, 2.24) is 19.7 Å². The number of hydrogen-bond acceptors (Lipinski definition) is 3. The van der Waals surface area contributed by atoms with Gasteiger partial charge in [-0.3, -0.25) is 0 Å². The highest BCUT2D eigenvalue weighted by Gasteiger charge is 2.09. The Morgan fingerprint density at radius 3 is 2.87 bits per heavy atom. The molecule has 0 aliphatic carbocycles. The third-order valence-corrected chi connectivity index (χ3v) is 2.42. The molecular formula is C10H7BN4. The van der Waals surface area contributed by atoms with Crippen LogP contribution in [0.4, 0.5) is 0 Å². The molecule has 0 saturated carbocycles. The number of benzene rings is 1. The molecule has 5 heteroatoms. The van der Waals surface area contributed by atoms with E-state index in [0.717, 1.165) is 16.4 Å². The van der Waals surface area contributed by atoms with Gasteiger partial charge in [-0.2, -0.15) is 0 Å². The third-order valence-electron chi connectivity index (χ3n) is 2.42. The van der Waals surface area contributed by atoms with E-state index in [4.69, 9.17) is 7.98 Å². The number of para-hydroxylation sites is 1. The molecule has 0 fully saturated rings. The highest BCUT2D eigenvalue weighted by molar-refractivity contribution is 6.19. The fraction of sp³-hybridized carbons (Fsp3) is 0.100. The lowest BCUT2D eigenvalue weighted by Gasteiger charge is -1.95. The quantitative estimate of drug-likeness (QED) is 0.505. The normalized spacial score (nSPS) is 11.3. The predicted molar refractivity (Wildman–Crippen MR) is 58.7 cm³/mol. The lowest BCUT2D eigenvalue weighted by molar-refractivity contribution is 0.947. The Balaban J connectivity index is 2.63. The molecule has 0 N–H and O–H groups in total. The van der Waals surface area contributed by atoms with Gasteiger partial charge < -0.3 is 4.48 Å². The summed E-state index contributed by atoms with van der Waals surface area (Å²) in [4.78, 5) is 4.28. The van der Waals surface area contributed by atoms with E-state index >= 15 is 0 Å². The first-order valence-electron chi connectivity index (χ1n) is 4.63. The molecule has 0 amide bonds. The molecule has 2 aromatic heterocycles. The molecule has 0 aliphatic heterocycles. The Bertz CT molecular complexity index is 659. The maximum absolute atomic E-state index is 5.93. The van der Waals surface area contributed by atoms with E-state index in [1.54, 1.807) is 11.4 Å². The van der Waals surface area contributed by atoms with Crippen molar-refractivity contribution in [2.24, 2.45) is 0 Å². The number of aryl methyl sites for hydroxylation is 1. The van der Waals surface area contributed by atoms with Gasteiger partial charge in [-0.25, -0.2) is 4.98 Å². The van der Waals surface area contributed by atoms with Crippen LogP contribution in [-0.4, -0.2) is 27.6 Å². The zero-order valence-electron chi connectivity index (χ0n) is 8.18. The molecule has 0 aliphatic rings. The van der Waals surface area contributed by atoms with Crippen molar-refractivity contribution in [2.45, 2.75) is 6.92 Å². The van der Waals surface area contributed by atoms with Crippen molar-refractivity contribution >= 4 is 30.0 Å². The van der Waals surface area contributed by atoms with Gasteiger partial charge in [0.15, 0.2) is 5.65 Å². The SMILES string of the molecule is [B]n1c2ccccc2c2nnc(C)nc21. The molecule has 0 unspecified atom stereocenters. The molecule has 1 aromatic carbocycles. The standard InChI is InChI=1S/C10H7BN4/c1-6-12-10-9(14-13-6)7-4-2-3-5-8(7)15(10)11/h2-5H,1H3. The fourth-order valence-electron chi connectivity index (χ4n) is 1.74. The van der Waals surface area contributed by atoms with Gasteiger partial charge in [0.2, 0.25) is 7.98 Å². The number of nitrogens with zero attached hydrogens (tertiary/aromatic N) is 4. The van der Waals surface area contributed by atoms with Crippen LogP contribution in [0.5, 0.6) is 0 Å². The highest BCUT2D eigenvalue weighted by Crippen LogP contribution is 2.23. The Morgan fingerprint density at radius 2 is 2.00 bits per heavy atom. The molecule has 3 rings (SSSR count). The van der Waals surface area contributed by atoms with E-state index in [0.29, 0.717) is 11.5 Å². The Labute approximate surface area is 87.4 Å². The average molecular weight is 194 g/mol. The third kappa shape index (κ3) is 1.06. The minimum absolute atomic E-state index is 0.622. The van der Waals surface area contributed by atoms with Gasteiger partial charge in [-0.1, -0.05) is 18.2 Å². The fourth-order valence-corrected chi connectivity index (χ4v) is 1.74. The summed E-state index contributed by atoms with van der Waals surface area (Å²) in [5.74, 6) is 0.622. The maximum atomic E-state index is 5.93. The summed E-state index contributed by atoms with van der Waals surface area (Å²) in [7, 11) is 5.93. The first-order valence-corrected chi connectivity index (χ1v) is 4.63. The average Bonchev–Trinajstić information content (AvgIpc) is 2.54. The van der Waals surface area contributed by atoms with Crippen LogP contribution >= 0.6 is 0 Å². The summed E-state index contributed by atoms with van der Waals surface area (Å²) >= 11 is 0. The minimum atomic E-state index is 0.622. The number of hydrogen-bond donors (Lipinski definition) is 0. The number of rotatable bonds is 0. The van der Waals surface area contributed by atoms with Crippen LogP contribution in [0.3, 0.4) is 0 Å². The molecule has 2 heterocycles. The lowest BCUT2D eigenvalue weighted by Crippen LogP contribution is -1.97. The van der Waals surface area contributed by atoms with Gasteiger partial charge in [-0.05, 0) is 13.0 Å². The highest BCUT2D eigenvalue weighted by atomic mass is 15.2. The Kier molecular flexibility index (Phi) is 1.56. The van der Waals surface area contributed by atoms with E-state index in [2.05, 4.69) is 15.2 Å². The van der Waals surface area contributed by atoms with Gasteiger partial charge in [0, 0.05) is 10.9 Å².